The number of nitrogens with one attached hydrogen (secondary N) is 1. The number of nitrogens with zero attached hydrogens (tertiary/aromatic N) is 3. The molecule has 25 heavy (non-hydrogen) atoms. The SMILES string of the molecule is O=C(NC[C@H]1CCCO1)C1=NO[C@@]2(CCN(Cc3cccnc3)C2)C1. The van der Waals surface area contributed by atoms with E-state index in [0.717, 1.165) is 45.5 Å². The number of carbonyl (C=O) groups excluding carboxylic acids is 1. The zero-order chi connectivity index (χ0) is 17.1. The van der Waals surface area contributed by atoms with Crippen LogP contribution in [0.4, 0.5) is 0 Å². The summed E-state index contributed by atoms with van der Waals surface area (Å²) >= 11 is 0. The summed E-state index contributed by atoms with van der Waals surface area (Å²) in [5, 5.41) is 7.01. The van der Waals surface area contributed by atoms with E-state index < -0.39 is 0 Å². The number of rotatable bonds is 5. The van der Waals surface area contributed by atoms with E-state index in [0.29, 0.717) is 18.7 Å². The maximum atomic E-state index is 12.3. The van der Waals surface area contributed by atoms with Crippen LogP contribution in [0.25, 0.3) is 0 Å². The van der Waals surface area contributed by atoms with Gasteiger partial charge in [-0.2, -0.15) is 0 Å². The molecule has 7 heteroatoms. The fourth-order valence-electron chi connectivity index (χ4n) is 3.79. The van der Waals surface area contributed by atoms with Crippen molar-refractivity contribution in [2.24, 2.45) is 5.16 Å². The topological polar surface area (TPSA) is 76.1 Å². The lowest BCUT2D eigenvalue weighted by Gasteiger charge is -2.21. The third kappa shape index (κ3) is 3.82. The van der Waals surface area contributed by atoms with Crippen LogP contribution in [-0.2, 0) is 20.9 Å². The number of carbonyl (C=O) groups is 1. The van der Waals surface area contributed by atoms with Gasteiger partial charge in [0.1, 0.15) is 5.71 Å². The molecule has 2 saturated heterocycles. The average Bonchev–Trinajstić information content (AvgIpc) is 3.37. The highest BCUT2D eigenvalue weighted by Gasteiger charge is 2.46. The number of aromatic nitrogens is 1. The molecule has 3 aliphatic heterocycles. The van der Waals surface area contributed by atoms with E-state index in [-0.39, 0.29) is 17.6 Å². The van der Waals surface area contributed by atoms with Crippen molar-refractivity contribution >= 4 is 11.6 Å². The number of ether oxygens (including phenoxy) is 1. The predicted octanol–water partition coefficient (Wildman–Crippen LogP) is 1.10. The Hall–Kier alpha value is -1.99. The highest BCUT2D eigenvalue weighted by atomic mass is 16.7. The highest BCUT2D eigenvalue weighted by molar-refractivity contribution is 6.39. The van der Waals surface area contributed by atoms with Crippen molar-refractivity contribution in [2.75, 3.05) is 26.2 Å². The second-order valence-electron chi connectivity index (χ2n) is 7.16. The average molecular weight is 344 g/mol. The van der Waals surface area contributed by atoms with Crippen LogP contribution < -0.4 is 5.32 Å². The molecule has 1 spiro atoms. The lowest BCUT2D eigenvalue weighted by molar-refractivity contribution is -0.115. The van der Waals surface area contributed by atoms with Gasteiger partial charge in [-0.1, -0.05) is 11.2 Å². The first-order valence-electron chi connectivity index (χ1n) is 8.99. The Balaban J connectivity index is 1.27. The van der Waals surface area contributed by atoms with Gasteiger partial charge in [0.25, 0.3) is 5.91 Å². The van der Waals surface area contributed by atoms with Gasteiger partial charge in [0, 0.05) is 58.0 Å². The van der Waals surface area contributed by atoms with Crippen molar-refractivity contribution in [2.45, 2.75) is 43.9 Å². The molecule has 134 valence electrons. The summed E-state index contributed by atoms with van der Waals surface area (Å²) in [5.74, 6) is -0.127. The zero-order valence-corrected chi connectivity index (χ0v) is 14.3. The maximum Gasteiger partial charge on any atom is 0.269 e. The minimum absolute atomic E-state index is 0.127. The molecule has 4 heterocycles. The minimum atomic E-state index is -0.348. The van der Waals surface area contributed by atoms with Crippen molar-refractivity contribution in [3.8, 4) is 0 Å². The molecular weight excluding hydrogens is 320 g/mol. The molecule has 3 aliphatic rings. The van der Waals surface area contributed by atoms with Crippen molar-refractivity contribution in [1.29, 1.82) is 0 Å². The van der Waals surface area contributed by atoms with Gasteiger partial charge in [0.05, 0.1) is 6.10 Å². The molecule has 0 bridgehead atoms. The van der Waals surface area contributed by atoms with Crippen LogP contribution in [0.15, 0.2) is 29.7 Å². The second kappa shape index (κ2) is 7.09. The Morgan fingerprint density at radius 3 is 3.24 bits per heavy atom. The van der Waals surface area contributed by atoms with E-state index in [9.17, 15) is 4.79 Å². The summed E-state index contributed by atoms with van der Waals surface area (Å²) in [4.78, 5) is 24.5. The van der Waals surface area contributed by atoms with Crippen molar-refractivity contribution in [1.82, 2.24) is 15.2 Å². The molecule has 0 unspecified atom stereocenters. The van der Waals surface area contributed by atoms with Gasteiger partial charge in [-0.05, 0) is 24.5 Å². The number of amides is 1. The number of pyridine rings is 1. The van der Waals surface area contributed by atoms with Gasteiger partial charge in [-0.25, -0.2) is 0 Å². The molecule has 0 saturated carbocycles. The quantitative estimate of drug-likeness (QED) is 0.866. The number of hydrogen-bond acceptors (Lipinski definition) is 6. The number of oxime groups is 1. The second-order valence-corrected chi connectivity index (χ2v) is 7.16. The van der Waals surface area contributed by atoms with Gasteiger partial charge in [0.15, 0.2) is 5.60 Å². The van der Waals surface area contributed by atoms with E-state index >= 15 is 0 Å². The molecule has 1 N–H and O–H groups in total. The summed E-state index contributed by atoms with van der Waals surface area (Å²) in [5.41, 5.74) is 1.34. The molecule has 1 aromatic rings. The van der Waals surface area contributed by atoms with Gasteiger partial charge in [0.2, 0.25) is 0 Å². The fraction of sp³-hybridized carbons (Fsp3) is 0.611. The lowest BCUT2D eigenvalue weighted by Crippen LogP contribution is -2.39. The van der Waals surface area contributed by atoms with Gasteiger partial charge in [-0.3, -0.25) is 14.7 Å². The normalized spacial score (nSPS) is 29.0. The molecule has 0 aliphatic carbocycles. The molecule has 2 atom stereocenters. The van der Waals surface area contributed by atoms with Crippen LogP contribution in [0.1, 0.15) is 31.2 Å². The fourth-order valence-corrected chi connectivity index (χ4v) is 3.79. The summed E-state index contributed by atoms with van der Waals surface area (Å²) in [6.07, 6.45) is 7.36. The monoisotopic (exact) mass is 344 g/mol. The van der Waals surface area contributed by atoms with E-state index in [2.05, 4.69) is 26.4 Å². The van der Waals surface area contributed by atoms with Crippen LogP contribution in [0.5, 0.6) is 0 Å². The van der Waals surface area contributed by atoms with E-state index in [1.807, 2.05) is 12.3 Å². The Bertz CT molecular complexity index is 645. The number of likely N-dealkylation sites (tertiary alicyclic amines) is 1. The Morgan fingerprint density at radius 2 is 2.44 bits per heavy atom. The summed E-state index contributed by atoms with van der Waals surface area (Å²) in [6.45, 7) is 3.92. The molecule has 1 amide bonds. The summed E-state index contributed by atoms with van der Waals surface area (Å²) in [7, 11) is 0. The van der Waals surface area contributed by atoms with Crippen molar-refractivity contribution in [3.63, 3.8) is 0 Å². The smallest absolute Gasteiger partial charge is 0.269 e. The van der Waals surface area contributed by atoms with Crippen LogP contribution in [-0.4, -0.2) is 59.4 Å². The highest BCUT2D eigenvalue weighted by Crippen LogP contribution is 2.34. The van der Waals surface area contributed by atoms with Crippen LogP contribution in [0.3, 0.4) is 0 Å². The predicted molar refractivity (Wildman–Crippen MR) is 92.0 cm³/mol. The van der Waals surface area contributed by atoms with Crippen LogP contribution in [0, 0.1) is 0 Å². The summed E-state index contributed by atoms with van der Waals surface area (Å²) < 4.78 is 5.53. The van der Waals surface area contributed by atoms with Gasteiger partial charge < -0.3 is 14.9 Å². The first-order chi connectivity index (χ1) is 12.2. The zero-order valence-electron chi connectivity index (χ0n) is 14.3. The standard InChI is InChI=1S/C18H24N4O3/c23-17(20-11-15-4-2-8-24-15)16-9-18(25-21-16)5-7-22(13-18)12-14-3-1-6-19-10-14/h1,3,6,10,15H,2,4-5,7-9,11-13H2,(H,20,23)/t15-,18+/m1/s1. The molecule has 1 aromatic heterocycles. The first-order valence-corrected chi connectivity index (χ1v) is 8.99. The largest absolute Gasteiger partial charge is 0.387 e. The van der Waals surface area contributed by atoms with Gasteiger partial charge in [-0.15, -0.1) is 0 Å². The molecule has 2 fully saturated rings. The Morgan fingerprint density at radius 1 is 1.48 bits per heavy atom. The minimum Gasteiger partial charge on any atom is -0.387 e. The molecule has 7 nitrogen and oxygen atoms in total. The molecular formula is C18H24N4O3. The van der Waals surface area contributed by atoms with E-state index in [4.69, 9.17) is 9.57 Å². The van der Waals surface area contributed by atoms with Crippen molar-refractivity contribution in [3.05, 3.63) is 30.1 Å². The molecule has 0 aromatic carbocycles. The third-order valence-corrected chi connectivity index (χ3v) is 5.14. The maximum absolute atomic E-state index is 12.3. The Labute approximate surface area is 147 Å². The molecule has 4 rings (SSSR count). The molecule has 0 radical (unpaired) electrons. The lowest BCUT2D eigenvalue weighted by atomic mass is 9.96. The van der Waals surface area contributed by atoms with E-state index in [1.165, 1.54) is 5.56 Å². The third-order valence-electron chi connectivity index (χ3n) is 5.14. The van der Waals surface area contributed by atoms with Gasteiger partial charge >= 0.3 is 0 Å². The van der Waals surface area contributed by atoms with Crippen LogP contribution >= 0.6 is 0 Å². The van der Waals surface area contributed by atoms with Crippen molar-refractivity contribution < 1.29 is 14.4 Å². The number of hydrogen-bond donors (Lipinski definition) is 1. The van der Waals surface area contributed by atoms with E-state index in [1.54, 1.807) is 6.20 Å². The first kappa shape index (κ1) is 16.5. The van der Waals surface area contributed by atoms with Crippen LogP contribution in [0.2, 0.25) is 0 Å². The summed E-state index contributed by atoms with van der Waals surface area (Å²) in [6, 6.07) is 4.03. The Kier molecular flexibility index (Phi) is 4.67.